The molecule has 3 heteroatoms. The lowest BCUT2D eigenvalue weighted by molar-refractivity contribution is 0.0629. The Morgan fingerprint density at radius 3 is 2.36 bits per heavy atom. The summed E-state index contributed by atoms with van der Waals surface area (Å²) in [6.45, 7) is 0. The molecule has 0 radical (unpaired) electrons. The number of rotatable bonds is 2. The number of allylic oxidation sites excluding steroid dienone is 1. The Bertz CT molecular complexity index is 612. The molecule has 1 aromatic rings. The molecular weight excluding hydrogens is 274 g/mol. The third-order valence-corrected chi connectivity index (χ3v) is 5.61. The second kappa shape index (κ2) is 5.45. The molecule has 1 aliphatic carbocycles. The van der Waals surface area contributed by atoms with E-state index in [0.717, 1.165) is 25.7 Å². The van der Waals surface area contributed by atoms with Gasteiger partial charge in [0.15, 0.2) is 0 Å². The van der Waals surface area contributed by atoms with E-state index in [-0.39, 0.29) is 5.91 Å². The summed E-state index contributed by atoms with van der Waals surface area (Å²) in [4.78, 5) is 15.2. The van der Waals surface area contributed by atoms with E-state index in [0.29, 0.717) is 23.4 Å². The second-order valence-corrected chi connectivity index (χ2v) is 6.77. The van der Waals surface area contributed by atoms with E-state index < -0.39 is 0 Å². The fourth-order valence-electron chi connectivity index (χ4n) is 4.30. The quantitative estimate of drug-likeness (QED) is 0.774. The first-order valence-corrected chi connectivity index (χ1v) is 8.43. The molecule has 1 amide bonds. The van der Waals surface area contributed by atoms with Crippen molar-refractivity contribution >= 4 is 5.91 Å². The maximum absolute atomic E-state index is 13.0. The molecule has 2 heterocycles. The molecule has 2 saturated heterocycles. The summed E-state index contributed by atoms with van der Waals surface area (Å²) in [5, 5.41) is 0. The third kappa shape index (κ3) is 2.15. The number of hydrogen-bond acceptors (Lipinski definition) is 2. The topological polar surface area (TPSA) is 29.5 Å². The first kappa shape index (κ1) is 13.9. The molecule has 2 aliphatic heterocycles. The molecule has 3 nitrogen and oxygen atoms in total. The molecule has 2 bridgehead atoms. The molecule has 4 rings (SSSR count). The first-order valence-electron chi connectivity index (χ1n) is 8.43. The molecule has 0 N–H and O–H groups in total. The summed E-state index contributed by atoms with van der Waals surface area (Å²) in [5.41, 5.74) is 4.07. The summed E-state index contributed by atoms with van der Waals surface area (Å²) < 4.78 is 5.38. The van der Waals surface area contributed by atoms with Gasteiger partial charge in [-0.2, -0.15) is 0 Å². The molecule has 3 aliphatic rings. The van der Waals surface area contributed by atoms with Crippen LogP contribution in [-0.4, -0.2) is 30.0 Å². The number of hydrogen-bond donors (Lipinski definition) is 0. The smallest absolute Gasteiger partial charge is 0.258 e. The number of piperidine rings is 1. The van der Waals surface area contributed by atoms with Crippen LogP contribution in [-0.2, 0) is 0 Å². The number of ether oxygens (including phenoxy) is 1. The molecule has 1 aromatic carbocycles. The Morgan fingerprint density at radius 2 is 1.77 bits per heavy atom. The van der Waals surface area contributed by atoms with Gasteiger partial charge in [0.1, 0.15) is 5.75 Å². The predicted molar refractivity (Wildman–Crippen MR) is 86.1 cm³/mol. The summed E-state index contributed by atoms with van der Waals surface area (Å²) in [6, 6.07) is 8.41. The number of fused-ring (bicyclic) bond motifs is 2. The zero-order chi connectivity index (χ0) is 15.1. The van der Waals surface area contributed by atoms with Crippen LogP contribution in [0.4, 0.5) is 0 Å². The Kier molecular flexibility index (Phi) is 3.44. The number of carbonyl (C=O) groups is 1. The summed E-state index contributed by atoms with van der Waals surface area (Å²) in [5.74, 6) is 0.845. The van der Waals surface area contributed by atoms with E-state index >= 15 is 0 Å². The highest BCUT2D eigenvalue weighted by Crippen LogP contribution is 2.44. The van der Waals surface area contributed by atoms with Gasteiger partial charge in [-0.05, 0) is 57.1 Å². The van der Waals surface area contributed by atoms with Crippen LogP contribution < -0.4 is 4.74 Å². The van der Waals surface area contributed by atoms with Crippen LogP contribution in [0, 0.1) is 0 Å². The molecule has 2 atom stereocenters. The van der Waals surface area contributed by atoms with Crippen molar-refractivity contribution in [3.8, 4) is 5.75 Å². The number of amides is 1. The SMILES string of the molecule is COc1ccccc1C(=O)N1C2CCC1CC(=C1CCC1)C2. The minimum atomic E-state index is 0.155. The van der Waals surface area contributed by atoms with Gasteiger partial charge in [0.25, 0.3) is 5.91 Å². The van der Waals surface area contributed by atoms with E-state index in [1.807, 2.05) is 24.3 Å². The summed E-state index contributed by atoms with van der Waals surface area (Å²) in [6.07, 6.45) is 8.48. The molecule has 0 aromatic heterocycles. The molecule has 0 spiro atoms. The standard InChI is InChI=1S/C19H23NO2/c1-22-18-8-3-2-7-17(18)19(21)20-15-9-10-16(20)12-14(11-15)13-5-4-6-13/h2-3,7-8,15-16H,4-6,9-12H2,1H3. The fourth-order valence-corrected chi connectivity index (χ4v) is 4.30. The van der Waals surface area contributed by atoms with Gasteiger partial charge >= 0.3 is 0 Å². The van der Waals surface area contributed by atoms with Crippen molar-refractivity contribution in [2.24, 2.45) is 0 Å². The number of methoxy groups -OCH3 is 1. The van der Waals surface area contributed by atoms with E-state index in [1.165, 1.54) is 19.3 Å². The van der Waals surface area contributed by atoms with Crippen LogP contribution in [0.2, 0.25) is 0 Å². The van der Waals surface area contributed by atoms with Crippen molar-refractivity contribution in [3.05, 3.63) is 41.0 Å². The summed E-state index contributed by atoms with van der Waals surface area (Å²) in [7, 11) is 1.63. The minimum Gasteiger partial charge on any atom is -0.496 e. The van der Waals surface area contributed by atoms with Crippen molar-refractivity contribution < 1.29 is 9.53 Å². The van der Waals surface area contributed by atoms with Crippen molar-refractivity contribution in [1.82, 2.24) is 4.90 Å². The molecular formula is C19H23NO2. The zero-order valence-corrected chi connectivity index (χ0v) is 13.2. The predicted octanol–water partition coefficient (Wildman–Crippen LogP) is 3.94. The molecule has 1 saturated carbocycles. The van der Waals surface area contributed by atoms with E-state index in [4.69, 9.17) is 4.74 Å². The molecule has 116 valence electrons. The van der Waals surface area contributed by atoms with E-state index in [1.54, 1.807) is 18.3 Å². The lowest BCUT2D eigenvalue weighted by atomic mass is 9.82. The highest BCUT2D eigenvalue weighted by atomic mass is 16.5. The Morgan fingerprint density at radius 1 is 1.09 bits per heavy atom. The lowest BCUT2D eigenvalue weighted by Crippen LogP contribution is -2.45. The second-order valence-electron chi connectivity index (χ2n) is 6.77. The van der Waals surface area contributed by atoms with Gasteiger partial charge < -0.3 is 9.64 Å². The Balaban J connectivity index is 1.60. The van der Waals surface area contributed by atoms with Crippen molar-refractivity contribution in [2.45, 2.75) is 57.0 Å². The van der Waals surface area contributed by atoms with E-state index in [2.05, 4.69) is 4.90 Å². The van der Waals surface area contributed by atoms with Crippen LogP contribution >= 0.6 is 0 Å². The monoisotopic (exact) mass is 297 g/mol. The largest absolute Gasteiger partial charge is 0.496 e. The molecule has 3 fully saturated rings. The molecule has 22 heavy (non-hydrogen) atoms. The van der Waals surface area contributed by atoms with Gasteiger partial charge in [-0.3, -0.25) is 4.79 Å². The van der Waals surface area contributed by atoms with Gasteiger partial charge in [0.2, 0.25) is 0 Å². The van der Waals surface area contributed by atoms with Crippen molar-refractivity contribution in [3.63, 3.8) is 0 Å². The van der Waals surface area contributed by atoms with Gasteiger partial charge in [-0.1, -0.05) is 23.3 Å². The number of nitrogens with zero attached hydrogens (tertiary/aromatic N) is 1. The highest BCUT2D eigenvalue weighted by molar-refractivity contribution is 5.97. The van der Waals surface area contributed by atoms with Crippen LogP contribution in [0.15, 0.2) is 35.4 Å². The van der Waals surface area contributed by atoms with Crippen molar-refractivity contribution in [2.75, 3.05) is 7.11 Å². The molecule has 2 unspecified atom stereocenters. The average molecular weight is 297 g/mol. The van der Waals surface area contributed by atoms with Gasteiger partial charge in [0, 0.05) is 12.1 Å². The normalized spacial score (nSPS) is 26.9. The summed E-state index contributed by atoms with van der Waals surface area (Å²) >= 11 is 0. The van der Waals surface area contributed by atoms with Gasteiger partial charge in [0.05, 0.1) is 12.7 Å². The minimum absolute atomic E-state index is 0.155. The first-order chi connectivity index (χ1) is 10.8. The number of para-hydroxylation sites is 1. The van der Waals surface area contributed by atoms with Gasteiger partial charge in [-0.15, -0.1) is 0 Å². The maximum atomic E-state index is 13.0. The Hall–Kier alpha value is -1.77. The number of benzene rings is 1. The van der Waals surface area contributed by atoms with Crippen LogP contribution in [0.5, 0.6) is 5.75 Å². The Labute approximate surface area is 132 Å². The highest BCUT2D eigenvalue weighted by Gasteiger charge is 2.42. The lowest BCUT2D eigenvalue weighted by Gasteiger charge is -2.38. The number of carbonyl (C=O) groups excluding carboxylic acids is 1. The van der Waals surface area contributed by atoms with Crippen molar-refractivity contribution in [1.29, 1.82) is 0 Å². The van der Waals surface area contributed by atoms with Crippen LogP contribution in [0.25, 0.3) is 0 Å². The third-order valence-electron chi connectivity index (χ3n) is 5.61. The van der Waals surface area contributed by atoms with Gasteiger partial charge in [-0.25, -0.2) is 0 Å². The maximum Gasteiger partial charge on any atom is 0.258 e. The van der Waals surface area contributed by atoms with Crippen LogP contribution in [0.1, 0.15) is 55.3 Å². The fraction of sp³-hybridized carbons (Fsp3) is 0.526. The van der Waals surface area contributed by atoms with Crippen LogP contribution in [0.3, 0.4) is 0 Å². The van der Waals surface area contributed by atoms with E-state index in [9.17, 15) is 4.79 Å². The average Bonchev–Trinajstić information content (AvgIpc) is 2.75. The zero-order valence-electron chi connectivity index (χ0n) is 13.2.